The minimum absolute atomic E-state index is 0.0147. The number of aromatic nitrogens is 1. The summed E-state index contributed by atoms with van der Waals surface area (Å²) in [5.74, 6) is -1.36. The zero-order valence-electron chi connectivity index (χ0n) is 25.5. The lowest BCUT2D eigenvalue weighted by Gasteiger charge is -2.14. The molecule has 1 aromatic heterocycles. The molecule has 1 aliphatic heterocycles. The maximum Gasteiger partial charge on any atom is 0.256 e. The van der Waals surface area contributed by atoms with Crippen LogP contribution in [0.1, 0.15) is 45.4 Å². The Morgan fingerprint density at radius 2 is 1.76 bits per heavy atom. The summed E-state index contributed by atoms with van der Waals surface area (Å²) in [6, 6.07) is 16.9. The van der Waals surface area contributed by atoms with Gasteiger partial charge >= 0.3 is 0 Å². The molecule has 4 aromatic rings. The lowest BCUT2D eigenvalue weighted by molar-refractivity contribution is -0.110. The van der Waals surface area contributed by atoms with Gasteiger partial charge < -0.3 is 25.3 Å². The van der Waals surface area contributed by atoms with E-state index in [2.05, 4.69) is 20.5 Å². The van der Waals surface area contributed by atoms with Gasteiger partial charge in [-0.1, -0.05) is 37.3 Å². The van der Waals surface area contributed by atoms with Crippen LogP contribution in [-0.2, 0) is 20.4 Å². The number of sulfone groups is 1. The van der Waals surface area contributed by atoms with E-state index in [1.54, 1.807) is 56.3 Å². The van der Waals surface area contributed by atoms with Crippen LogP contribution in [0.3, 0.4) is 0 Å². The second-order valence-electron chi connectivity index (χ2n) is 10.9. The number of ether oxygens (including phenoxy) is 1. The SMILES string of the molecule is CCN(C)CCNC(=O)c1c(C)[nH]c(C=C2C(=O)Nc3ccc(S(=O)(=O)Cc4ccccc4Oc4ccccc4F)cc32)c1C. The largest absolute Gasteiger partial charge is 0.454 e. The van der Waals surface area contributed by atoms with E-state index in [0.29, 0.717) is 52.4 Å². The molecule has 0 bridgehead atoms. The van der Waals surface area contributed by atoms with Crippen molar-refractivity contribution in [3.05, 3.63) is 106 Å². The molecule has 0 saturated carbocycles. The van der Waals surface area contributed by atoms with Crippen molar-refractivity contribution in [3.63, 3.8) is 0 Å². The van der Waals surface area contributed by atoms with Gasteiger partial charge in [0, 0.05) is 41.3 Å². The van der Waals surface area contributed by atoms with E-state index in [9.17, 15) is 22.4 Å². The van der Waals surface area contributed by atoms with Gasteiger partial charge in [0.25, 0.3) is 11.8 Å². The number of halogens is 1. The molecular formula is C34H35FN4O5S. The highest BCUT2D eigenvalue weighted by Crippen LogP contribution is 2.37. The van der Waals surface area contributed by atoms with Crippen LogP contribution in [0.2, 0.25) is 0 Å². The molecule has 234 valence electrons. The Labute approximate surface area is 262 Å². The predicted molar refractivity (Wildman–Crippen MR) is 173 cm³/mol. The number of carbonyl (C=O) groups excluding carboxylic acids is 2. The van der Waals surface area contributed by atoms with Crippen LogP contribution in [0.4, 0.5) is 10.1 Å². The maximum absolute atomic E-state index is 14.2. The van der Waals surface area contributed by atoms with Gasteiger partial charge in [-0.2, -0.15) is 0 Å². The number of nitrogens with zero attached hydrogens (tertiary/aromatic N) is 1. The molecular weight excluding hydrogens is 595 g/mol. The quantitative estimate of drug-likeness (QED) is 0.183. The Bertz CT molecular complexity index is 1920. The lowest BCUT2D eigenvalue weighted by atomic mass is 10.0. The Balaban J connectivity index is 1.41. The number of aryl methyl sites for hydroxylation is 1. The highest BCUT2D eigenvalue weighted by atomic mass is 32.2. The molecule has 3 aromatic carbocycles. The van der Waals surface area contributed by atoms with Crippen molar-refractivity contribution in [1.82, 2.24) is 15.2 Å². The van der Waals surface area contributed by atoms with Gasteiger partial charge in [0.1, 0.15) is 5.75 Å². The fraction of sp³-hybridized carbons (Fsp3) is 0.235. The van der Waals surface area contributed by atoms with Crippen molar-refractivity contribution in [2.75, 3.05) is 32.0 Å². The summed E-state index contributed by atoms with van der Waals surface area (Å²) in [4.78, 5) is 31.3. The van der Waals surface area contributed by atoms with Gasteiger partial charge in [0.15, 0.2) is 21.4 Å². The van der Waals surface area contributed by atoms with E-state index >= 15 is 0 Å². The zero-order chi connectivity index (χ0) is 32.3. The molecule has 9 nitrogen and oxygen atoms in total. The van der Waals surface area contributed by atoms with E-state index in [4.69, 9.17) is 4.74 Å². The number of aromatic amines is 1. The summed E-state index contributed by atoms with van der Waals surface area (Å²) in [6.45, 7) is 7.73. The van der Waals surface area contributed by atoms with Crippen LogP contribution in [0.15, 0.2) is 71.6 Å². The predicted octanol–water partition coefficient (Wildman–Crippen LogP) is 5.71. The minimum Gasteiger partial charge on any atom is -0.454 e. The third-order valence-corrected chi connectivity index (χ3v) is 9.48. The number of likely N-dealkylation sites (N-methyl/N-ethyl adjacent to an activating group) is 1. The summed E-state index contributed by atoms with van der Waals surface area (Å²) in [5.41, 5.74) is 3.96. The Morgan fingerprint density at radius 3 is 2.49 bits per heavy atom. The number of hydrogen-bond acceptors (Lipinski definition) is 6. The van der Waals surface area contributed by atoms with E-state index in [0.717, 1.165) is 6.54 Å². The third kappa shape index (κ3) is 6.84. The van der Waals surface area contributed by atoms with Crippen LogP contribution in [0.25, 0.3) is 11.6 Å². The number of carbonyl (C=O) groups is 2. The van der Waals surface area contributed by atoms with Crippen molar-refractivity contribution < 1.29 is 27.1 Å². The van der Waals surface area contributed by atoms with Crippen molar-refractivity contribution >= 4 is 39.0 Å². The summed E-state index contributed by atoms with van der Waals surface area (Å²) in [5, 5.41) is 5.74. The number of benzene rings is 3. The summed E-state index contributed by atoms with van der Waals surface area (Å²) in [7, 11) is -1.94. The van der Waals surface area contributed by atoms with Gasteiger partial charge in [-0.15, -0.1) is 0 Å². The van der Waals surface area contributed by atoms with Crippen LogP contribution in [-0.4, -0.2) is 56.8 Å². The highest BCUT2D eigenvalue weighted by molar-refractivity contribution is 7.90. The number of hydrogen-bond donors (Lipinski definition) is 3. The van der Waals surface area contributed by atoms with E-state index in [1.807, 2.05) is 14.0 Å². The molecule has 0 atom stereocenters. The summed E-state index contributed by atoms with van der Waals surface area (Å²) < 4.78 is 47.2. The van der Waals surface area contributed by atoms with Crippen LogP contribution in [0.5, 0.6) is 11.5 Å². The first-order valence-corrected chi connectivity index (χ1v) is 16.2. The molecule has 0 unspecified atom stereocenters. The molecule has 0 saturated heterocycles. The van der Waals surface area contributed by atoms with Crippen LogP contribution >= 0.6 is 0 Å². The fourth-order valence-electron chi connectivity index (χ4n) is 5.17. The van der Waals surface area contributed by atoms with E-state index in [1.165, 1.54) is 30.3 Å². The zero-order valence-corrected chi connectivity index (χ0v) is 26.3. The summed E-state index contributed by atoms with van der Waals surface area (Å²) in [6.07, 6.45) is 1.64. The molecule has 0 radical (unpaired) electrons. The topological polar surface area (TPSA) is 121 Å². The Kier molecular flexibility index (Phi) is 9.21. The Hall–Kier alpha value is -4.74. The average Bonchev–Trinajstić information content (AvgIpc) is 3.47. The second-order valence-corrected chi connectivity index (χ2v) is 12.9. The standard InChI is InChI=1S/C34H35FN4O5S/c1-5-39(4)17-16-36-34(41)32-21(2)29(37-22(32)3)19-26-25-18-24(14-15-28(25)38-33(26)40)45(42,43)20-23-10-6-8-12-30(23)44-31-13-9-7-11-27(31)35/h6-15,18-19,37H,5,16-17,20H2,1-4H3,(H,36,41)(H,38,40). The fourth-order valence-corrected chi connectivity index (χ4v) is 6.56. The molecule has 0 aliphatic carbocycles. The van der Waals surface area contributed by atoms with Gasteiger partial charge in [-0.25, -0.2) is 12.8 Å². The van der Waals surface area contributed by atoms with E-state index in [-0.39, 0.29) is 33.8 Å². The first-order valence-electron chi connectivity index (χ1n) is 14.5. The molecule has 11 heteroatoms. The number of anilines is 1. The first-order chi connectivity index (χ1) is 21.5. The molecule has 0 spiro atoms. The smallest absolute Gasteiger partial charge is 0.256 e. The van der Waals surface area contributed by atoms with E-state index < -0.39 is 21.4 Å². The first kappa shape index (κ1) is 31.7. The van der Waals surface area contributed by atoms with Gasteiger partial charge in [0.2, 0.25) is 0 Å². The van der Waals surface area contributed by atoms with Crippen molar-refractivity contribution in [3.8, 4) is 11.5 Å². The molecule has 1 aliphatic rings. The molecule has 3 N–H and O–H groups in total. The van der Waals surface area contributed by atoms with Crippen molar-refractivity contribution in [2.45, 2.75) is 31.4 Å². The molecule has 2 amide bonds. The highest BCUT2D eigenvalue weighted by Gasteiger charge is 2.28. The van der Waals surface area contributed by atoms with Gasteiger partial charge in [-0.3, -0.25) is 9.59 Å². The second kappa shape index (κ2) is 13.1. The average molecular weight is 631 g/mol. The number of fused-ring (bicyclic) bond motifs is 1. The summed E-state index contributed by atoms with van der Waals surface area (Å²) >= 11 is 0. The van der Waals surface area contributed by atoms with Gasteiger partial charge in [0.05, 0.1) is 21.8 Å². The molecule has 2 heterocycles. The van der Waals surface area contributed by atoms with Crippen molar-refractivity contribution in [2.24, 2.45) is 0 Å². The van der Waals surface area contributed by atoms with Crippen LogP contribution in [0, 0.1) is 19.7 Å². The molecule has 5 rings (SSSR count). The van der Waals surface area contributed by atoms with Gasteiger partial charge in [-0.05, 0) is 75.5 Å². The number of H-pyrrole nitrogens is 1. The monoisotopic (exact) mass is 630 g/mol. The number of amides is 2. The number of para-hydroxylation sites is 2. The van der Waals surface area contributed by atoms with Crippen molar-refractivity contribution in [1.29, 1.82) is 0 Å². The maximum atomic E-state index is 14.2. The Morgan fingerprint density at radius 1 is 1.04 bits per heavy atom. The van der Waals surface area contributed by atoms with Crippen LogP contribution < -0.4 is 15.4 Å². The normalized spacial score (nSPS) is 13.6. The lowest BCUT2D eigenvalue weighted by Crippen LogP contribution is -2.33. The third-order valence-electron chi connectivity index (χ3n) is 7.82. The number of rotatable bonds is 11. The number of nitrogens with one attached hydrogen (secondary N) is 3. The minimum atomic E-state index is -3.92. The molecule has 0 fully saturated rings. The molecule has 45 heavy (non-hydrogen) atoms.